The van der Waals surface area contributed by atoms with Gasteiger partial charge < -0.3 is 15.0 Å². The summed E-state index contributed by atoms with van der Waals surface area (Å²) in [7, 11) is -2.90. The first kappa shape index (κ1) is 35.7. The molecule has 0 saturated heterocycles. The number of nitrogens with one attached hydrogen (secondary N) is 1. The van der Waals surface area contributed by atoms with Crippen molar-refractivity contribution in [2.45, 2.75) is 43.7 Å². The molecule has 8 nitrogen and oxygen atoms in total. The molecule has 248 valence electrons. The second kappa shape index (κ2) is 16.6. The van der Waals surface area contributed by atoms with Gasteiger partial charge in [0.15, 0.2) is 0 Å². The van der Waals surface area contributed by atoms with Gasteiger partial charge >= 0.3 is 0 Å². The number of sulfonamides is 1. The van der Waals surface area contributed by atoms with E-state index in [4.69, 9.17) is 27.9 Å². The summed E-state index contributed by atoms with van der Waals surface area (Å²) in [5.41, 5.74) is 1.45. The Morgan fingerprint density at radius 2 is 1.57 bits per heavy atom. The van der Waals surface area contributed by atoms with Crippen LogP contribution in [0.4, 0.5) is 10.1 Å². The van der Waals surface area contributed by atoms with Crippen molar-refractivity contribution in [2.24, 2.45) is 0 Å². The zero-order valence-corrected chi connectivity index (χ0v) is 28.4. The standard InChI is InChI=1S/C35H36Cl2FN3O5S/c1-3-4-20-39-35(43)33(22-25-8-6-5-7-9-25)40(23-26-10-19-31(36)32(37)21-26)34(42)24-41(28-13-11-27(38)12-14-28)47(44,45)30-17-15-29(46-2)16-18-30/h5-19,21,33H,3-4,20,22-24H2,1-2H3,(H,39,43)/t33-/m0/s1. The molecule has 0 bridgehead atoms. The van der Waals surface area contributed by atoms with E-state index >= 15 is 0 Å². The topological polar surface area (TPSA) is 96.0 Å². The van der Waals surface area contributed by atoms with Gasteiger partial charge in [0.1, 0.15) is 24.2 Å². The number of amides is 2. The molecule has 0 fully saturated rings. The highest BCUT2D eigenvalue weighted by Gasteiger charge is 2.34. The van der Waals surface area contributed by atoms with Crippen molar-refractivity contribution in [3.8, 4) is 5.75 Å². The number of rotatable bonds is 15. The first-order valence-corrected chi connectivity index (χ1v) is 17.2. The molecule has 0 aromatic heterocycles. The summed E-state index contributed by atoms with van der Waals surface area (Å²) in [6.45, 7) is 1.65. The van der Waals surface area contributed by atoms with E-state index in [0.717, 1.165) is 34.8 Å². The molecule has 4 aromatic rings. The summed E-state index contributed by atoms with van der Waals surface area (Å²) in [5, 5.41) is 3.52. The number of carbonyl (C=O) groups is 2. The molecule has 12 heteroatoms. The molecule has 0 aliphatic carbocycles. The Morgan fingerprint density at radius 3 is 2.19 bits per heavy atom. The van der Waals surface area contributed by atoms with Gasteiger partial charge in [0, 0.05) is 19.5 Å². The van der Waals surface area contributed by atoms with Crippen molar-refractivity contribution in [3.05, 3.63) is 124 Å². The highest BCUT2D eigenvalue weighted by atomic mass is 35.5. The number of unbranched alkanes of at least 4 members (excludes halogenated alkanes) is 1. The third kappa shape index (κ3) is 9.47. The highest BCUT2D eigenvalue weighted by molar-refractivity contribution is 7.92. The van der Waals surface area contributed by atoms with Crippen molar-refractivity contribution in [2.75, 3.05) is 24.5 Å². The fourth-order valence-electron chi connectivity index (χ4n) is 4.91. The number of hydrogen-bond acceptors (Lipinski definition) is 5. The first-order chi connectivity index (χ1) is 22.5. The monoisotopic (exact) mass is 699 g/mol. The van der Waals surface area contributed by atoms with Gasteiger partial charge in [0.25, 0.3) is 10.0 Å². The fraction of sp³-hybridized carbons (Fsp3) is 0.257. The average molecular weight is 701 g/mol. The maximum Gasteiger partial charge on any atom is 0.264 e. The lowest BCUT2D eigenvalue weighted by Gasteiger charge is -2.34. The molecule has 0 unspecified atom stereocenters. The second-order valence-electron chi connectivity index (χ2n) is 10.8. The predicted molar refractivity (Wildman–Crippen MR) is 183 cm³/mol. The van der Waals surface area contributed by atoms with Crippen LogP contribution in [-0.2, 0) is 32.6 Å². The molecule has 4 aromatic carbocycles. The van der Waals surface area contributed by atoms with E-state index in [9.17, 15) is 22.4 Å². The molecule has 4 rings (SSSR count). The van der Waals surface area contributed by atoms with Crippen molar-refractivity contribution < 1.29 is 27.1 Å². The summed E-state index contributed by atoms with van der Waals surface area (Å²) >= 11 is 12.5. The number of methoxy groups -OCH3 is 1. The van der Waals surface area contributed by atoms with Crippen LogP contribution in [0.25, 0.3) is 0 Å². The van der Waals surface area contributed by atoms with Gasteiger partial charge in [-0.25, -0.2) is 12.8 Å². The number of anilines is 1. The number of nitrogens with zero attached hydrogens (tertiary/aromatic N) is 2. The summed E-state index contributed by atoms with van der Waals surface area (Å²) in [5.74, 6) is -1.18. The van der Waals surface area contributed by atoms with Crippen molar-refractivity contribution >= 4 is 50.7 Å². The van der Waals surface area contributed by atoms with Crippen molar-refractivity contribution in [1.82, 2.24) is 10.2 Å². The maximum absolute atomic E-state index is 14.5. The molecule has 0 radical (unpaired) electrons. The molecule has 0 saturated carbocycles. The summed E-state index contributed by atoms with van der Waals surface area (Å²) in [4.78, 5) is 29.5. The van der Waals surface area contributed by atoms with Gasteiger partial charge in [-0.2, -0.15) is 0 Å². The Bertz CT molecular complexity index is 1760. The molecule has 1 atom stereocenters. The van der Waals surface area contributed by atoms with Crippen LogP contribution < -0.4 is 14.4 Å². The van der Waals surface area contributed by atoms with Crippen LogP contribution in [0.15, 0.2) is 102 Å². The zero-order valence-electron chi connectivity index (χ0n) is 26.0. The van der Waals surface area contributed by atoms with Crippen LogP contribution in [0.3, 0.4) is 0 Å². The average Bonchev–Trinajstić information content (AvgIpc) is 3.07. The van der Waals surface area contributed by atoms with Crippen LogP contribution in [0.2, 0.25) is 10.0 Å². The lowest BCUT2D eigenvalue weighted by molar-refractivity contribution is -0.140. The van der Waals surface area contributed by atoms with E-state index in [2.05, 4.69) is 5.32 Å². The summed E-state index contributed by atoms with van der Waals surface area (Å²) in [6.07, 6.45) is 1.75. The Kier molecular flexibility index (Phi) is 12.6. The van der Waals surface area contributed by atoms with Crippen molar-refractivity contribution in [1.29, 1.82) is 0 Å². The fourth-order valence-corrected chi connectivity index (χ4v) is 6.64. The van der Waals surface area contributed by atoms with E-state index < -0.39 is 34.3 Å². The molecular weight excluding hydrogens is 664 g/mol. The number of halogens is 3. The van der Waals surface area contributed by atoms with E-state index in [0.29, 0.717) is 22.9 Å². The summed E-state index contributed by atoms with van der Waals surface area (Å²) < 4.78 is 48.2. The van der Waals surface area contributed by atoms with E-state index in [-0.39, 0.29) is 34.5 Å². The third-order valence-corrected chi connectivity index (χ3v) is 10.0. The normalized spacial score (nSPS) is 11.9. The first-order valence-electron chi connectivity index (χ1n) is 15.0. The lowest BCUT2D eigenvalue weighted by Crippen LogP contribution is -2.53. The van der Waals surface area contributed by atoms with Gasteiger partial charge in [0.2, 0.25) is 11.8 Å². The van der Waals surface area contributed by atoms with E-state index in [1.165, 1.54) is 48.4 Å². The summed E-state index contributed by atoms with van der Waals surface area (Å²) in [6, 6.07) is 23.6. The van der Waals surface area contributed by atoms with E-state index in [1.54, 1.807) is 18.2 Å². The van der Waals surface area contributed by atoms with Gasteiger partial charge in [0.05, 0.1) is 27.7 Å². The minimum atomic E-state index is -4.36. The van der Waals surface area contributed by atoms with Gasteiger partial charge in [-0.15, -0.1) is 0 Å². The van der Waals surface area contributed by atoms with Crippen LogP contribution in [0.1, 0.15) is 30.9 Å². The molecule has 2 amide bonds. The highest BCUT2D eigenvalue weighted by Crippen LogP contribution is 2.28. The van der Waals surface area contributed by atoms with Gasteiger partial charge in [-0.3, -0.25) is 13.9 Å². The van der Waals surface area contributed by atoms with E-state index in [1.807, 2.05) is 37.3 Å². The SMILES string of the molecule is CCCCNC(=O)[C@H](Cc1ccccc1)N(Cc1ccc(Cl)c(Cl)c1)C(=O)CN(c1ccc(F)cc1)S(=O)(=O)c1ccc(OC)cc1. The Labute approximate surface area is 285 Å². The maximum atomic E-state index is 14.5. The van der Waals surface area contributed by atoms with Crippen molar-refractivity contribution in [3.63, 3.8) is 0 Å². The van der Waals surface area contributed by atoms with Gasteiger partial charge in [-0.05, 0) is 78.2 Å². The number of hydrogen-bond donors (Lipinski definition) is 1. The molecule has 0 spiro atoms. The molecule has 0 heterocycles. The Hall–Kier alpha value is -4.12. The third-order valence-electron chi connectivity index (χ3n) is 7.48. The van der Waals surface area contributed by atoms with Gasteiger partial charge in [-0.1, -0.05) is 72.9 Å². The lowest BCUT2D eigenvalue weighted by atomic mass is 10.0. The number of ether oxygens (including phenoxy) is 1. The quantitative estimate of drug-likeness (QED) is 0.136. The largest absolute Gasteiger partial charge is 0.497 e. The number of benzene rings is 4. The second-order valence-corrected chi connectivity index (χ2v) is 13.5. The molecule has 1 N–H and O–H groups in total. The minimum absolute atomic E-state index is 0.0667. The number of carbonyl (C=O) groups excluding carboxylic acids is 2. The van der Waals surface area contributed by atoms with Crippen LogP contribution in [-0.4, -0.2) is 51.4 Å². The minimum Gasteiger partial charge on any atom is -0.497 e. The molecule has 47 heavy (non-hydrogen) atoms. The Balaban J connectivity index is 1.80. The molecule has 0 aliphatic rings. The van der Waals surface area contributed by atoms with Crippen LogP contribution in [0, 0.1) is 5.82 Å². The van der Waals surface area contributed by atoms with Crippen LogP contribution in [0.5, 0.6) is 5.75 Å². The molecular formula is C35H36Cl2FN3O5S. The Morgan fingerprint density at radius 1 is 0.894 bits per heavy atom. The van der Waals surface area contributed by atoms with Crippen LogP contribution >= 0.6 is 23.2 Å². The zero-order chi connectivity index (χ0) is 34.0. The smallest absolute Gasteiger partial charge is 0.264 e. The molecule has 0 aliphatic heterocycles. The predicted octanol–water partition coefficient (Wildman–Crippen LogP) is 6.89.